The van der Waals surface area contributed by atoms with Gasteiger partial charge in [0.05, 0.1) is 17.2 Å². The summed E-state index contributed by atoms with van der Waals surface area (Å²) < 4.78 is 11.5. The predicted octanol–water partition coefficient (Wildman–Crippen LogP) is 3.56. The molecule has 2 aromatic rings. The van der Waals surface area contributed by atoms with Crippen molar-refractivity contribution < 1.29 is 14.3 Å². The Labute approximate surface area is 131 Å². The van der Waals surface area contributed by atoms with E-state index in [1.54, 1.807) is 24.3 Å². The van der Waals surface area contributed by atoms with Gasteiger partial charge in [-0.25, -0.2) is 4.79 Å². The molecule has 0 fully saturated rings. The molecule has 0 aromatic heterocycles. The van der Waals surface area contributed by atoms with Crippen LogP contribution >= 0.6 is 15.9 Å². The van der Waals surface area contributed by atoms with Gasteiger partial charge < -0.3 is 9.47 Å². The van der Waals surface area contributed by atoms with Crippen LogP contribution in [0.5, 0.6) is 5.75 Å². The zero-order valence-electron chi connectivity index (χ0n) is 11.1. The number of hydrogen-bond donors (Lipinski definition) is 0. The highest BCUT2D eigenvalue weighted by Gasteiger charge is 2.06. The molecule has 0 unspecified atom stereocenters. The topological polar surface area (TPSA) is 59.3 Å². The summed E-state index contributed by atoms with van der Waals surface area (Å²) in [5.74, 6) is 0.284. The zero-order chi connectivity index (χ0) is 15.1. The third kappa shape index (κ3) is 4.62. The van der Waals surface area contributed by atoms with E-state index in [1.165, 1.54) is 0 Å². The lowest BCUT2D eigenvalue weighted by Crippen LogP contribution is -2.12. The third-order valence-corrected chi connectivity index (χ3v) is 3.18. The highest BCUT2D eigenvalue weighted by molar-refractivity contribution is 9.10. The lowest BCUT2D eigenvalue weighted by molar-refractivity contribution is 0.0450. The van der Waals surface area contributed by atoms with E-state index >= 15 is 0 Å². The van der Waals surface area contributed by atoms with Crippen LogP contribution in [0.1, 0.15) is 15.9 Å². The average Bonchev–Trinajstić information content (AvgIpc) is 2.53. The highest BCUT2D eigenvalue weighted by atomic mass is 79.9. The first-order valence-corrected chi connectivity index (χ1v) is 7.04. The van der Waals surface area contributed by atoms with Gasteiger partial charge in [0.25, 0.3) is 0 Å². The maximum atomic E-state index is 11.7. The largest absolute Gasteiger partial charge is 0.490 e. The second-order valence-electron chi connectivity index (χ2n) is 4.13. The Bertz CT molecular complexity index is 645. The van der Waals surface area contributed by atoms with Crippen LogP contribution in [-0.4, -0.2) is 19.2 Å². The van der Waals surface area contributed by atoms with E-state index in [1.807, 2.05) is 30.3 Å². The van der Waals surface area contributed by atoms with Crippen LogP contribution in [-0.2, 0) is 4.74 Å². The summed E-state index contributed by atoms with van der Waals surface area (Å²) in [6.45, 7) is 0.443. The summed E-state index contributed by atoms with van der Waals surface area (Å²) in [5, 5.41) is 8.68. The summed E-state index contributed by atoms with van der Waals surface area (Å²) >= 11 is 3.34. The van der Waals surface area contributed by atoms with Crippen molar-refractivity contribution in [2.75, 3.05) is 13.2 Å². The van der Waals surface area contributed by atoms with Crippen LogP contribution in [0.4, 0.5) is 0 Å². The summed E-state index contributed by atoms with van der Waals surface area (Å²) in [6, 6.07) is 15.7. The highest BCUT2D eigenvalue weighted by Crippen LogP contribution is 2.15. The van der Waals surface area contributed by atoms with Crippen molar-refractivity contribution in [2.24, 2.45) is 0 Å². The van der Waals surface area contributed by atoms with Crippen molar-refractivity contribution in [1.82, 2.24) is 0 Å². The molecular weight excluding hydrogens is 334 g/mol. The molecule has 0 atom stereocenters. The SMILES string of the molecule is N#Cc1ccc(C(=O)OCCOc2ccc(Br)cc2)cc1. The van der Waals surface area contributed by atoms with Crippen LogP contribution in [0.3, 0.4) is 0 Å². The van der Waals surface area contributed by atoms with Gasteiger partial charge in [-0.2, -0.15) is 5.26 Å². The Balaban J connectivity index is 1.76. The number of nitriles is 1. The normalized spacial score (nSPS) is 9.71. The maximum absolute atomic E-state index is 11.7. The van der Waals surface area contributed by atoms with Crippen LogP contribution in [0.15, 0.2) is 53.0 Å². The number of hydrogen-bond acceptors (Lipinski definition) is 4. The van der Waals surface area contributed by atoms with Crippen LogP contribution in [0, 0.1) is 11.3 Å². The van der Waals surface area contributed by atoms with Crippen molar-refractivity contribution in [3.8, 4) is 11.8 Å². The third-order valence-electron chi connectivity index (χ3n) is 2.65. The van der Waals surface area contributed by atoms with Crippen molar-refractivity contribution in [2.45, 2.75) is 0 Å². The number of benzene rings is 2. The first-order valence-electron chi connectivity index (χ1n) is 6.25. The molecule has 0 radical (unpaired) electrons. The molecule has 0 N–H and O–H groups in total. The molecule has 0 aliphatic heterocycles. The Morgan fingerprint density at radius 3 is 2.33 bits per heavy atom. The number of ether oxygens (including phenoxy) is 2. The fourth-order valence-electron chi connectivity index (χ4n) is 1.59. The molecule has 0 aliphatic rings. The summed E-state index contributed by atoms with van der Waals surface area (Å²) in [6.07, 6.45) is 0. The smallest absolute Gasteiger partial charge is 0.338 e. The Kier molecular flexibility index (Phi) is 5.35. The molecule has 21 heavy (non-hydrogen) atoms. The lowest BCUT2D eigenvalue weighted by atomic mass is 10.1. The maximum Gasteiger partial charge on any atom is 0.338 e. The molecule has 106 valence electrons. The molecule has 2 aromatic carbocycles. The number of rotatable bonds is 5. The standard InChI is InChI=1S/C16H12BrNO3/c17-14-5-7-15(8-6-14)20-9-10-21-16(19)13-3-1-12(11-18)2-4-13/h1-8H,9-10H2. The summed E-state index contributed by atoms with van der Waals surface area (Å²) in [7, 11) is 0. The molecule has 0 spiro atoms. The van der Waals surface area contributed by atoms with Gasteiger partial charge in [-0.05, 0) is 48.5 Å². The van der Waals surface area contributed by atoms with E-state index < -0.39 is 5.97 Å². The molecule has 0 amide bonds. The van der Waals surface area contributed by atoms with Gasteiger partial charge >= 0.3 is 5.97 Å². The Morgan fingerprint density at radius 1 is 1.05 bits per heavy atom. The van der Waals surface area contributed by atoms with Crippen molar-refractivity contribution >= 4 is 21.9 Å². The number of esters is 1. The molecule has 0 bridgehead atoms. The van der Waals surface area contributed by atoms with E-state index in [9.17, 15) is 4.79 Å². The van der Waals surface area contributed by atoms with Gasteiger partial charge in [0.2, 0.25) is 0 Å². The first-order chi connectivity index (χ1) is 10.2. The molecule has 4 nitrogen and oxygen atoms in total. The number of carbonyl (C=O) groups is 1. The molecule has 0 saturated carbocycles. The summed E-state index contributed by atoms with van der Waals surface area (Å²) in [5.41, 5.74) is 0.919. The van der Waals surface area contributed by atoms with Crippen molar-refractivity contribution in [3.05, 3.63) is 64.1 Å². The molecule has 0 saturated heterocycles. The predicted molar refractivity (Wildman–Crippen MR) is 81.1 cm³/mol. The van der Waals surface area contributed by atoms with Gasteiger partial charge in [-0.3, -0.25) is 0 Å². The van der Waals surface area contributed by atoms with Gasteiger partial charge in [0, 0.05) is 4.47 Å². The monoisotopic (exact) mass is 345 g/mol. The minimum atomic E-state index is -0.432. The second kappa shape index (κ2) is 7.46. The van der Waals surface area contributed by atoms with Crippen molar-refractivity contribution in [1.29, 1.82) is 5.26 Å². The number of carbonyl (C=O) groups excluding carboxylic acids is 1. The zero-order valence-corrected chi connectivity index (χ0v) is 12.7. The van der Waals surface area contributed by atoms with E-state index in [-0.39, 0.29) is 13.2 Å². The van der Waals surface area contributed by atoms with Crippen molar-refractivity contribution in [3.63, 3.8) is 0 Å². The fraction of sp³-hybridized carbons (Fsp3) is 0.125. The Hall–Kier alpha value is -2.32. The molecule has 5 heteroatoms. The van der Waals surface area contributed by atoms with Gasteiger partial charge in [0.1, 0.15) is 19.0 Å². The quantitative estimate of drug-likeness (QED) is 0.614. The molecule has 0 heterocycles. The van der Waals surface area contributed by atoms with E-state index in [4.69, 9.17) is 14.7 Å². The summed E-state index contributed by atoms with van der Waals surface area (Å²) in [4.78, 5) is 11.7. The minimum Gasteiger partial charge on any atom is -0.490 e. The molecule has 0 aliphatic carbocycles. The van der Waals surface area contributed by atoms with Gasteiger partial charge in [-0.1, -0.05) is 15.9 Å². The van der Waals surface area contributed by atoms with Gasteiger partial charge in [0.15, 0.2) is 0 Å². The van der Waals surface area contributed by atoms with Crippen LogP contribution in [0.2, 0.25) is 0 Å². The number of nitrogens with zero attached hydrogens (tertiary/aromatic N) is 1. The fourth-order valence-corrected chi connectivity index (χ4v) is 1.85. The van der Waals surface area contributed by atoms with Crippen LogP contribution in [0.25, 0.3) is 0 Å². The van der Waals surface area contributed by atoms with Gasteiger partial charge in [-0.15, -0.1) is 0 Å². The minimum absolute atomic E-state index is 0.162. The molecular formula is C16H12BrNO3. The van der Waals surface area contributed by atoms with E-state index in [2.05, 4.69) is 15.9 Å². The van der Waals surface area contributed by atoms with E-state index in [0.717, 1.165) is 4.47 Å². The second-order valence-corrected chi connectivity index (χ2v) is 5.04. The first kappa shape index (κ1) is 15.1. The van der Waals surface area contributed by atoms with E-state index in [0.29, 0.717) is 16.9 Å². The van der Waals surface area contributed by atoms with Crippen LogP contribution < -0.4 is 4.74 Å². The molecule has 2 rings (SSSR count). The Morgan fingerprint density at radius 2 is 1.71 bits per heavy atom. The average molecular weight is 346 g/mol. The number of halogens is 1. The lowest BCUT2D eigenvalue weighted by Gasteiger charge is -2.07.